The molecule has 15 heteroatoms. The van der Waals surface area contributed by atoms with E-state index < -0.39 is 23.9 Å². The van der Waals surface area contributed by atoms with Gasteiger partial charge in [-0.1, -0.05) is 0 Å². The molecule has 1 aliphatic carbocycles. The molecule has 0 aromatic carbocycles. The van der Waals surface area contributed by atoms with Crippen LogP contribution in [0.15, 0.2) is 17.1 Å². The third-order valence-electron chi connectivity index (χ3n) is 7.51. The maximum atomic E-state index is 12.9. The molecule has 3 saturated heterocycles. The van der Waals surface area contributed by atoms with Crippen LogP contribution in [0.3, 0.4) is 0 Å². The number of rotatable bonds is 3. The summed E-state index contributed by atoms with van der Waals surface area (Å²) in [6, 6.07) is -0.217. The molecule has 0 radical (unpaired) electrons. The molecule has 9 nitrogen and oxygen atoms in total. The summed E-state index contributed by atoms with van der Waals surface area (Å²) in [6.45, 7) is 3.45. The number of oxazole rings is 1. The number of likely N-dealkylation sites (tertiary alicyclic amines) is 3. The number of carbonyl (C=O) groups is 1. The molecule has 1 saturated carbocycles. The van der Waals surface area contributed by atoms with Crippen molar-refractivity contribution >= 4 is 6.03 Å². The standard InChI is InChI=1S/C20H21F6N7O2/c21-19(22,23)14-13(28-11-35-14)3-30-4-18(5-30)8-32(9-18)16(34)31-6-17(7-31)1-12(2-17)33-10-27-15(29-33)20(24,25)26/h10-12H,1-9H2. The molecule has 4 aliphatic rings. The van der Waals surface area contributed by atoms with Gasteiger partial charge in [0.2, 0.25) is 5.76 Å². The number of alkyl halides is 6. The van der Waals surface area contributed by atoms with Gasteiger partial charge in [0, 0.05) is 56.6 Å². The van der Waals surface area contributed by atoms with Gasteiger partial charge in [-0.3, -0.25) is 4.90 Å². The van der Waals surface area contributed by atoms with Crippen molar-refractivity contribution in [2.45, 2.75) is 37.8 Å². The Morgan fingerprint density at radius 2 is 1.57 bits per heavy atom. The SMILES string of the molecule is O=C(N1CC2(CC(n3cnc(C(F)(F)F)n3)C2)C1)N1CC2(CN(Cc3ncoc3C(F)(F)F)C2)C1. The molecule has 3 aliphatic heterocycles. The van der Waals surface area contributed by atoms with Crippen molar-refractivity contribution in [3.8, 4) is 0 Å². The van der Waals surface area contributed by atoms with Crippen LogP contribution in [0.5, 0.6) is 0 Å². The van der Waals surface area contributed by atoms with Crippen LogP contribution >= 0.6 is 0 Å². The molecule has 2 spiro atoms. The molecule has 4 fully saturated rings. The van der Waals surface area contributed by atoms with Crippen molar-refractivity contribution in [2.24, 2.45) is 10.8 Å². The first kappa shape index (κ1) is 22.6. The van der Waals surface area contributed by atoms with Crippen molar-refractivity contribution in [1.29, 1.82) is 0 Å². The van der Waals surface area contributed by atoms with Crippen LogP contribution in [0, 0.1) is 10.8 Å². The van der Waals surface area contributed by atoms with E-state index in [1.807, 2.05) is 4.90 Å². The fourth-order valence-corrected chi connectivity index (χ4v) is 6.00. The summed E-state index contributed by atoms with van der Waals surface area (Å²) in [7, 11) is 0. The van der Waals surface area contributed by atoms with Gasteiger partial charge in [0.25, 0.3) is 5.82 Å². The Bertz CT molecular complexity index is 1130. The van der Waals surface area contributed by atoms with E-state index in [0.717, 1.165) is 12.7 Å². The van der Waals surface area contributed by atoms with Gasteiger partial charge in [0.1, 0.15) is 12.0 Å². The van der Waals surface area contributed by atoms with E-state index in [2.05, 4.69) is 19.5 Å². The van der Waals surface area contributed by atoms with E-state index in [9.17, 15) is 31.1 Å². The second-order valence-corrected chi connectivity index (χ2v) is 10.4. The second kappa shape index (κ2) is 7.11. The van der Waals surface area contributed by atoms with Gasteiger partial charge in [-0.25, -0.2) is 19.4 Å². The average molecular weight is 505 g/mol. The van der Waals surface area contributed by atoms with E-state index in [0.29, 0.717) is 52.1 Å². The number of carbonyl (C=O) groups excluding carboxylic acids is 1. The highest BCUT2D eigenvalue weighted by atomic mass is 19.4. The minimum atomic E-state index is -4.58. The predicted octanol–water partition coefficient (Wildman–Crippen LogP) is 2.88. The summed E-state index contributed by atoms with van der Waals surface area (Å²) in [5, 5.41) is 3.53. The summed E-state index contributed by atoms with van der Waals surface area (Å²) in [6.07, 6.45) is -5.94. The Labute approximate surface area is 194 Å². The molecule has 0 N–H and O–H groups in total. The maximum absolute atomic E-state index is 12.9. The van der Waals surface area contributed by atoms with Gasteiger partial charge < -0.3 is 14.2 Å². The van der Waals surface area contributed by atoms with Gasteiger partial charge in [0.05, 0.1) is 6.04 Å². The van der Waals surface area contributed by atoms with Crippen LogP contribution in [0.4, 0.5) is 31.1 Å². The molecule has 190 valence electrons. The topological polar surface area (TPSA) is 83.5 Å². The highest BCUT2D eigenvalue weighted by molar-refractivity contribution is 5.77. The zero-order chi connectivity index (χ0) is 24.8. The normalized spacial score (nSPS) is 23.7. The van der Waals surface area contributed by atoms with Gasteiger partial charge >= 0.3 is 18.4 Å². The van der Waals surface area contributed by atoms with E-state index in [1.165, 1.54) is 4.68 Å². The van der Waals surface area contributed by atoms with E-state index in [-0.39, 0.29) is 35.1 Å². The van der Waals surface area contributed by atoms with Gasteiger partial charge in [-0.05, 0) is 12.8 Å². The third kappa shape index (κ3) is 3.74. The maximum Gasteiger partial charge on any atom is 0.453 e. The fourth-order valence-electron chi connectivity index (χ4n) is 6.00. The van der Waals surface area contributed by atoms with E-state index in [1.54, 1.807) is 9.80 Å². The van der Waals surface area contributed by atoms with Crippen LogP contribution in [-0.2, 0) is 18.9 Å². The quantitative estimate of drug-likeness (QED) is 0.597. The average Bonchev–Trinajstić information content (AvgIpc) is 3.28. The largest absolute Gasteiger partial charge is 0.453 e. The molecule has 5 heterocycles. The van der Waals surface area contributed by atoms with Crippen molar-refractivity contribution in [2.75, 3.05) is 39.3 Å². The predicted molar refractivity (Wildman–Crippen MR) is 103 cm³/mol. The number of hydrogen-bond donors (Lipinski definition) is 0. The summed E-state index contributed by atoms with van der Waals surface area (Å²) in [5.41, 5.74) is -0.302. The Balaban J connectivity index is 0.939. The number of halogens is 6. The number of amides is 2. The van der Waals surface area contributed by atoms with Crippen LogP contribution in [0.1, 0.15) is 36.2 Å². The Kier molecular flexibility index (Phi) is 4.59. The van der Waals surface area contributed by atoms with Crippen molar-refractivity contribution < 1.29 is 35.6 Å². The number of urea groups is 1. The minimum Gasteiger partial charge on any atom is -0.439 e. The molecule has 6 rings (SSSR count). The van der Waals surface area contributed by atoms with Crippen LogP contribution < -0.4 is 0 Å². The molecule has 35 heavy (non-hydrogen) atoms. The third-order valence-corrected chi connectivity index (χ3v) is 7.51. The van der Waals surface area contributed by atoms with Crippen molar-refractivity contribution in [1.82, 2.24) is 34.4 Å². The Morgan fingerprint density at radius 1 is 0.943 bits per heavy atom. The highest BCUT2D eigenvalue weighted by Crippen LogP contribution is 2.54. The van der Waals surface area contributed by atoms with Crippen LogP contribution in [0.2, 0.25) is 0 Å². The second-order valence-electron chi connectivity index (χ2n) is 10.4. The van der Waals surface area contributed by atoms with E-state index >= 15 is 0 Å². The zero-order valence-corrected chi connectivity index (χ0v) is 18.3. The smallest absolute Gasteiger partial charge is 0.439 e. The van der Waals surface area contributed by atoms with Crippen LogP contribution in [-0.4, -0.2) is 79.7 Å². The Morgan fingerprint density at radius 3 is 2.14 bits per heavy atom. The first-order valence-corrected chi connectivity index (χ1v) is 11.1. The number of nitrogens with zero attached hydrogens (tertiary/aromatic N) is 7. The highest BCUT2D eigenvalue weighted by Gasteiger charge is 2.58. The number of hydrogen-bond acceptors (Lipinski definition) is 6. The Hall–Kier alpha value is -2.84. The zero-order valence-electron chi connectivity index (χ0n) is 18.3. The molecule has 0 atom stereocenters. The summed E-state index contributed by atoms with van der Waals surface area (Å²) in [4.78, 5) is 25.1. The summed E-state index contributed by atoms with van der Waals surface area (Å²) >= 11 is 0. The first-order valence-electron chi connectivity index (χ1n) is 11.1. The van der Waals surface area contributed by atoms with Crippen molar-refractivity contribution in [3.63, 3.8) is 0 Å². The van der Waals surface area contributed by atoms with E-state index in [4.69, 9.17) is 0 Å². The molecule has 2 amide bonds. The van der Waals surface area contributed by atoms with Gasteiger partial charge in [0.15, 0.2) is 6.39 Å². The molecule has 2 aromatic heterocycles. The van der Waals surface area contributed by atoms with Gasteiger partial charge in [-0.15, -0.1) is 5.10 Å². The lowest BCUT2D eigenvalue weighted by atomic mass is 9.60. The van der Waals surface area contributed by atoms with Gasteiger partial charge in [-0.2, -0.15) is 26.3 Å². The fraction of sp³-hybridized carbons (Fsp3) is 0.700. The summed E-state index contributed by atoms with van der Waals surface area (Å²) < 4.78 is 82.6. The molecular weight excluding hydrogens is 484 g/mol. The molecule has 2 aromatic rings. The minimum absolute atomic E-state index is 0.0487. The molecule has 0 bridgehead atoms. The molecule has 0 unspecified atom stereocenters. The lowest BCUT2D eigenvalue weighted by Gasteiger charge is -2.63. The van der Waals surface area contributed by atoms with Crippen molar-refractivity contribution in [3.05, 3.63) is 30.0 Å². The van der Waals surface area contributed by atoms with Crippen LogP contribution in [0.25, 0.3) is 0 Å². The summed E-state index contributed by atoms with van der Waals surface area (Å²) in [5.74, 6) is -2.22. The molecular formula is C20H21F6N7O2. The number of aromatic nitrogens is 4. The monoisotopic (exact) mass is 505 g/mol. The lowest BCUT2D eigenvalue weighted by molar-refractivity contribution is -0.155. The first-order chi connectivity index (χ1) is 16.3. The lowest BCUT2D eigenvalue weighted by Crippen LogP contribution is -2.75.